The van der Waals surface area contributed by atoms with Crippen molar-refractivity contribution in [1.29, 1.82) is 0 Å². The highest BCUT2D eigenvalue weighted by molar-refractivity contribution is 6.36. The Morgan fingerprint density at radius 2 is 1.35 bits per heavy atom. The Hall–Kier alpha value is 0.0169. The summed E-state index contributed by atoms with van der Waals surface area (Å²) in [6, 6.07) is 0.345. The van der Waals surface area contributed by atoms with Gasteiger partial charge in [-0.25, -0.2) is 0 Å². The molecule has 3 N–H and O–H groups in total. The quantitative estimate of drug-likeness (QED) is 0.765. The summed E-state index contributed by atoms with van der Waals surface area (Å²) in [7, 11) is 3.05. The molecule has 0 aromatic carbocycles. The van der Waals surface area contributed by atoms with Crippen molar-refractivity contribution < 1.29 is 13.3 Å². The van der Waals surface area contributed by atoms with Gasteiger partial charge in [0.15, 0.2) is 0 Å². The number of rotatable bonds is 4. The predicted octanol–water partition coefficient (Wildman–Crippen LogP) is 2.71. The van der Waals surface area contributed by atoms with Crippen LogP contribution in [0.25, 0.3) is 0 Å². The third-order valence-corrected chi connectivity index (χ3v) is 5.56. The average Bonchev–Trinajstić information content (AvgIpc) is 2.58. The second-order valence-electron chi connectivity index (χ2n) is 6.44. The molecule has 2 atom stereocenters. The minimum Gasteiger partial charge on any atom is -0.379 e. The molecule has 1 saturated heterocycles. The summed E-state index contributed by atoms with van der Waals surface area (Å²) in [4.78, 5) is 0. The standard InChI is InChI=1S/C14H30N2.C3H10O3Si/c1-13(15)14-10-8-6-4-2-3-5-7-9-11-16-12-14;1-4-7(5-2)6-3/h13-14,16H,2-12,15H2,1H3;7H,1-3H3. The normalized spacial score (nSPS) is 23.0. The molecular formula is C17H40N2O3Si. The Balaban J connectivity index is 0.000000585. The lowest BCUT2D eigenvalue weighted by Crippen LogP contribution is -2.35. The third-order valence-electron chi connectivity index (χ3n) is 4.41. The summed E-state index contributed by atoms with van der Waals surface area (Å²) in [5, 5.41) is 3.58. The number of hydrogen-bond donors (Lipinski definition) is 2. The number of hydrogen-bond acceptors (Lipinski definition) is 5. The summed E-state index contributed by atoms with van der Waals surface area (Å²) in [5.74, 6) is 0.681. The lowest BCUT2D eigenvalue weighted by atomic mass is 9.94. The van der Waals surface area contributed by atoms with Gasteiger partial charge in [0.05, 0.1) is 0 Å². The van der Waals surface area contributed by atoms with E-state index in [0.29, 0.717) is 12.0 Å². The first-order valence-electron chi connectivity index (χ1n) is 9.20. The van der Waals surface area contributed by atoms with Gasteiger partial charge in [-0.3, -0.25) is 0 Å². The predicted molar refractivity (Wildman–Crippen MR) is 99.7 cm³/mol. The van der Waals surface area contributed by atoms with E-state index in [4.69, 9.17) is 19.0 Å². The Morgan fingerprint density at radius 3 is 1.78 bits per heavy atom. The monoisotopic (exact) mass is 348 g/mol. The molecule has 6 heteroatoms. The molecule has 0 spiro atoms. The van der Waals surface area contributed by atoms with Crippen LogP contribution in [0, 0.1) is 5.92 Å². The molecule has 0 aliphatic carbocycles. The van der Waals surface area contributed by atoms with E-state index >= 15 is 0 Å². The maximum atomic E-state index is 6.04. The van der Waals surface area contributed by atoms with Crippen LogP contribution in [0.3, 0.4) is 0 Å². The summed E-state index contributed by atoms with van der Waals surface area (Å²) < 4.78 is 14.2. The van der Waals surface area contributed by atoms with E-state index < -0.39 is 9.53 Å². The van der Waals surface area contributed by atoms with Crippen LogP contribution < -0.4 is 11.1 Å². The molecule has 0 radical (unpaired) electrons. The Labute approximate surface area is 145 Å². The topological polar surface area (TPSA) is 65.7 Å². The fraction of sp³-hybridized carbons (Fsp3) is 1.00. The molecule has 0 saturated carbocycles. The van der Waals surface area contributed by atoms with Crippen molar-refractivity contribution in [2.75, 3.05) is 34.4 Å². The zero-order chi connectivity index (χ0) is 17.3. The van der Waals surface area contributed by atoms with Gasteiger partial charge in [-0.15, -0.1) is 0 Å². The molecule has 2 unspecified atom stereocenters. The summed E-state index contributed by atoms with van der Waals surface area (Å²) in [6.45, 7) is 4.46. The zero-order valence-electron chi connectivity index (χ0n) is 15.8. The molecule has 5 nitrogen and oxygen atoms in total. The fourth-order valence-corrected chi connectivity index (χ4v) is 3.42. The van der Waals surface area contributed by atoms with Gasteiger partial charge in [0.25, 0.3) is 0 Å². The van der Waals surface area contributed by atoms with Crippen LogP contribution in [0.2, 0.25) is 0 Å². The average molecular weight is 349 g/mol. The Morgan fingerprint density at radius 1 is 0.870 bits per heavy atom. The maximum absolute atomic E-state index is 6.04. The van der Waals surface area contributed by atoms with E-state index in [1.165, 1.54) is 64.3 Å². The molecule has 1 aliphatic rings. The summed E-state index contributed by atoms with van der Waals surface area (Å²) in [5.41, 5.74) is 6.04. The maximum Gasteiger partial charge on any atom is 0.483 e. The highest BCUT2D eigenvalue weighted by Crippen LogP contribution is 2.15. The third kappa shape index (κ3) is 14.1. The molecule has 0 aromatic heterocycles. The van der Waals surface area contributed by atoms with Gasteiger partial charge in [0.1, 0.15) is 0 Å². The van der Waals surface area contributed by atoms with Crippen LogP contribution in [0.1, 0.15) is 64.7 Å². The van der Waals surface area contributed by atoms with E-state index in [2.05, 4.69) is 12.2 Å². The molecule has 1 fully saturated rings. The van der Waals surface area contributed by atoms with Gasteiger partial charge in [0, 0.05) is 27.4 Å². The van der Waals surface area contributed by atoms with Crippen molar-refractivity contribution in [2.45, 2.75) is 70.8 Å². The molecule has 0 bridgehead atoms. The van der Waals surface area contributed by atoms with E-state index in [0.717, 1.165) is 6.54 Å². The second-order valence-corrected chi connectivity index (χ2v) is 8.43. The van der Waals surface area contributed by atoms with Crippen molar-refractivity contribution in [3.63, 3.8) is 0 Å². The van der Waals surface area contributed by atoms with Gasteiger partial charge < -0.3 is 24.3 Å². The van der Waals surface area contributed by atoms with E-state index in [-0.39, 0.29) is 0 Å². The van der Waals surface area contributed by atoms with Crippen LogP contribution in [0.5, 0.6) is 0 Å². The van der Waals surface area contributed by atoms with Gasteiger partial charge in [-0.1, -0.05) is 44.9 Å². The van der Waals surface area contributed by atoms with Crippen LogP contribution in [0.4, 0.5) is 0 Å². The first-order valence-corrected chi connectivity index (χ1v) is 10.6. The summed E-state index contributed by atoms with van der Waals surface area (Å²) >= 11 is 0. The molecule has 0 aromatic rings. The Kier molecular flexibility index (Phi) is 16.9. The molecule has 1 rings (SSSR count). The highest BCUT2D eigenvalue weighted by Gasteiger charge is 2.12. The first kappa shape index (κ1) is 23.0. The van der Waals surface area contributed by atoms with Gasteiger partial charge in [-0.2, -0.15) is 0 Å². The van der Waals surface area contributed by atoms with Crippen molar-refractivity contribution in [2.24, 2.45) is 11.7 Å². The molecule has 1 aliphatic heterocycles. The van der Waals surface area contributed by atoms with Crippen LogP contribution in [0.15, 0.2) is 0 Å². The highest BCUT2D eigenvalue weighted by atomic mass is 28.3. The second kappa shape index (κ2) is 16.9. The minimum atomic E-state index is -1.67. The molecule has 0 amide bonds. The van der Waals surface area contributed by atoms with Crippen molar-refractivity contribution in [3.8, 4) is 0 Å². The minimum absolute atomic E-state index is 0.345. The van der Waals surface area contributed by atoms with E-state index in [9.17, 15) is 0 Å². The van der Waals surface area contributed by atoms with Gasteiger partial charge >= 0.3 is 9.53 Å². The van der Waals surface area contributed by atoms with Crippen molar-refractivity contribution in [1.82, 2.24) is 5.32 Å². The van der Waals surface area contributed by atoms with Gasteiger partial charge in [-0.05, 0) is 38.8 Å². The number of nitrogens with two attached hydrogens (primary N) is 1. The van der Waals surface area contributed by atoms with Crippen molar-refractivity contribution in [3.05, 3.63) is 0 Å². The zero-order valence-corrected chi connectivity index (χ0v) is 17.0. The van der Waals surface area contributed by atoms with E-state index in [1.54, 1.807) is 21.3 Å². The number of nitrogens with one attached hydrogen (secondary N) is 1. The lowest BCUT2D eigenvalue weighted by molar-refractivity contribution is 0.163. The summed E-state index contributed by atoms with van der Waals surface area (Å²) in [6.07, 6.45) is 12.6. The molecule has 140 valence electrons. The van der Waals surface area contributed by atoms with E-state index in [1.807, 2.05) is 0 Å². The first-order chi connectivity index (χ1) is 11.2. The largest absolute Gasteiger partial charge is 0.483 e. The molecule has 1 heterocycles. The molecule has 23 heavy (non-hydrogen) atoms. The van der Waals surface area contributed by atoms with Crippen LogP contribution in [-0.4, -0.2) is 50.0 Å². The SMILES string of the molecule is CC(N)C1CCCCCCCCCCNC1.CO[SiH](OC)OC. The Bertz CT molecular complexity index is 222. The van der Waals surface area contributed by atoms with Crippen LogP contribution >= 0.6 is 0 Å². The fourth-order valence-electron chi connectivity index (χ4n) is 2.84. The smallest absolute Gasteiger partial charge is 0.379 e. The van der Waals surface area contributed by atoms with Gasteiger partial charge in [0.2, 0.25) is 0 Å². The molecular weight excluding hydrogens is 308 g/mol. The van der Waals surface area contributed by atoms with Crippen LogP contribution in [-0.2, 0) is 13.3 Å². The van der Waals surface area contributed by atoms with Crippen molar-refractivity contribution >= 4 is 9.53 Å². The lowest BCUT2D eigenvalue weighted by Gasteiger charge is -2.21.